The Hall–Kier alpha value is -1.11. The standard InChI is InChI=1S/C13H18ClNO4S/c1-9(2)7-15(8-13(16)17)20(18,19)12-5-4-11(14)6-10(12)3/h4-6,9H,7-8H2,1-3H3,(H,16,17). The molecule has 20 heavy (non-hydrogen) atoms. The van der Waals surface area contributed by atoms with Gasteiger partial charge in [-0.25, -0.2) is 8.42 Å². The molecular weight excluding hydrogens is 302 g/mol. The predicted octanol–water partition coefficient (Wildman–Crippen LogP) is 2.38. The van der Waals surface area contributed by atoms with E-state index >= 15 is 0 Å². The number of carbonyl (C=O) groups is 1. The van der Waals surface area contributed by atoms with E-state index in [2.05, 4.69) is 0 Å². The summed E-state index contributed by atoms with van der Waals surface area (Å²) >= 11 is 5.81. The van der Waals surface area contributed by atoms with Crippen LogP contribution in [-0.4, -0.2) is 36.9 Å². The van der Waals surface area contributed by atoms with Gasteiger partial charge in [0.25, 0.3) is 0 Å². The molecule has 0 bridgehead atoms. The fourth-order valence-corrected chi connectivity index (χ4v) is 3.83. The van der Waals surface area contributed by atoms with Crippen LogP contribution < -0.4 is 0 Å². The average molecular weight is 320 g/mol. The second-order valence-corrected chi connectivity index (χ2v) is 7.34. The van der Waals surface area contributed by atoms with Crippen LogP contribution in [0, 0.1) is 12.8 Å². The molecule has 1 aromatic carbocycles. The maximum atomic E-state index is 12.6. The number of aryl methyl sites for hydroxylation is 1. The van der Waals surface area contributed by atoms with Gasteiger partial charge in [-0.2, -0.15) is 4.31 Å². The quantitative estimate of drug-likeness (QED) is 0.873. The van der Waals surface area contributed by atoms with E-state index in [9.17, 15) is 13.2 Å². The van der Waals surface area contributed by atoms with E-state index in [-0.39, 0.29) is 17.4 Å². The van der Waals surface area contributed by atoms with Crippen molar-refractivity contribution in [2.45, 2.75) is 25.7 Å². The molecule has 0 saturated heterocycles. The highest BCUT2D eigenvalue weighted by Crippen LogP contribution is 2.23. The lowest BCUT2D eigenvalue weighted by Crippen LogP contribution is -2.38. The second-order valence-electron chi connectivity index (χ2n) is 4.99. The number of hydrogen-bond acceptors (Lipinski definition) is 3. The number of carboxylic acid groups (broad SMARTS) is 1. The van der Waals surface area contributed by atoms with Crippen molar-refractivity contribution in [3.63, 3.8) is 0 Å². The van der Waals surface area contributed by atoms with Gasteiger partial charge in [-0.15, -0.1) is 0 Å². The molecule has 1 aromatic rings. The Kier molecular flexibility index (Phi) is 5.56. The van der Waals surface area contributed by atoms with Crippen molar-refractivity contribution in [2.75, 3.05) is 13.1 Å². The minimum absolute atomic E-state index is 0.0248. The van der Waals surface area contributed by atoms with Gasteiger partial charge in [0.1, 0.15) is 6.54 Å². The van der Waals surface area contributed by atoms with Crippen molar-refractivity contribution in [3.8, 4) is 0 Å². The molecular formula is C13H18ClNO4S. The molecule has 0 spiro atoms. The number of rotatable bonds is 6. The van der Waals surface area contributed by atoms with Crippen molar-refractivity contribution >= 4 is 27.6 Å². The summed E-state index contributed by atoms with van der Waals surface area (Å²) in [5, 5.41) is 9.33. The third-order valence-electron chi connectivity index (χ3n) is 2.64. The highest BCUT2D eigenvalue weighted by atomic mass is 35.5. The van der Waals surface area contributed by atoms with Crippen molar-refractivity contribution in [2.24, 2.45) is 5.92 Å². The molecule has 1 N–H and O–H groups in total. The van der Waals surface area contributed by atoms with E-state index in [1.807, 2.05) is 13.8 Å². The highest BCUT2D eigenvalue weighted by Gasteiger charge is 2.28. The molecule has 0 aromatic heterocycles. The van der Waals surface area contributed by atoms with E-state index < -0.39 is 22.5 Å². The summed E-state index contributed by atoms with van der Waals surface area (Å²) in [5.41, 5.74) is 0.497. The molecule has 7 heteroatoms. The molecule has 0 aliphatic heterocycles. The van der Waals surface area contributed by atoms with Crippen molar-refractivity contribution in [1.82, 2.24) is 4.31 Å². The number of benzene rings is 1. The number of nitrogens with zero attached hydrogens (tertiary/aromatic N) is 1. The smallest absolute Gasteiger partial charge is 0.318 e. The van der Waals surface area contributed by atoms with E-state index in [1.165, 1.54) is 12.1 Å². The van der Waals surface area contributed by atoms with E-state index in [0.717, 1.165) is 4.31 Å². The van der Waals surface area contributed by atoms with Crippen LogP contribution in [0.1, 0.15) is 19.4 Å². The van der Waals surface area contributed by atoms with Gasteiger partial charge in [0.05, 0.1) is 4.90 Å². The third-order valence-corrected chi connectivity index (χ3v) is 4.84. The Balaban J connectivity index is 3.24. The summed E-state index contributed by atoms with van der Waals surface area (Å²) in [7, 11) is -3.84. The lowest BCUT2D eigenvalue weighted by molar-refractivity contribution is -0.137. The van der Waals surface area contributed by atoms with Crippen LogP contribution in [0.2, 0.25) is 5.02 Å². The minimum atomic E-state index is -3.84. The Morgan fingerprint density at radius 1 is 1.40 bits per heavy atom. The van der Waals surface area contributed by atoms with E-state index in [4.69, 9.17) is 16.7 Å². The van der Waals surface area contributed by atoms with Crippen LogP contribution in [0.5, 0.6) is 0 Å². The lowest BCUT2D eigenvalue weighted by Gasteiger charge is -2.23. The molecule has 0 atom stereocenters. The second kappa shape index (κ2) is 6.56. The topological polar surface area (TPSA) is 74.7 Å². The molecule has 0 unspecified atom stereocenters. The molecule has 112 valence electrons. The van der Waals surface area contributed by atoms with Crippen molar-refractivity contribution in [1.29, 1.82) is 0 Å². The Bertz CT molecular complexity index is 598. The molecule has 5 nitrogen and oxygen atoms in total. The van der Waals surface area contributed by atoms with Gasteiger partial charge in [-0.05, 0) is 36.6 Å². The highest BCUT2D eigenvalue weighted by molar-refractivity contribution is 7.89. The van der Waals surface area contributed by atoms with Gasteiger partial charge in [0, 0.05) is 11.6 Å². The molecule has 0 aliphatic carbocycles. The summed E-state index contributed by atoms with van der Waals surface area (Å²) in [6.07, 6.45) is 0. The lowest BCUT2D eigenvalue weighted by atomic mass is 10.2. The number of sulfonamides is 1. The summed E-state index contributed by atoms with van der Waals surface area (Å²) in [6.45, 7) is 4.89. The van der Waals surface area contributed by atoms with Crippen LogP contribution in [0.4, 0.5) is 0 Å². The predicted molar refractivity (Wildman–Crippen MR) is 77.4 cm³/mol. The normalized spacial score (nSPS) is 12.1. The fourth-order valence-electron chi connectivity index (χ4n) is 1.85. The van der Waals surface area contributed by atoms with Crippen LogP contribution in [0.3, 0.4) is 0 Å². The molecule has 0 amide bonds. The first kappa shape index (κ1) is 16.9. The van der Waals surface area contributed by atoms with E-state index in [1.54, 1.807) is 13.0 Å². The fraction of sp³-hybridized carbons (Fsp3) is 0.462. The van der Waals surface area contributed by atoms with Crippen LogP contribution >= 0.6 is 11.6 Å². The summed E-state index contributed by atoms with van der Waals surface area (Å²) in [4.78, 5) is 11.0. The molecule has 1 rings (SSSR count). The van der Waals surface area contributed by atoms with Gasteiger partial charge < -0.3 is 5.11 Å². The van der Waals surface area contributed by atoms with Crippen molar-refractivity contribution < 1.29 is 18.3 Å². The average Bonchev–Trinajstić information content (AvgIpc) is 2.26. The molecule has 0 fully saturated rings. The zero-order valence-corrected chi connectivity index (χ0v) is 13.2. The maximum Gasteiger partial charge on any atom is 0.318 e. The summed E-state index contributed by atoms with van der Waals surface area (Å²) in [6, 6.07) is 4.43. The Morgan fingerprint density at radius 2 is 2.00 bits per heavy atom. The molecule has 0 heterocycles. The Morgan fingerprint density at radius 3 is 2.45 bits per heavy atom. The van der Waals surface area contributed by atoms with Gasteiger partial charge in [0.15, 0.2) is 0 Å². The first-order valence-corrected chi connectivity index (χ1v) is 7.94. The number of halogens is 1. The number of carboxylic acids is 1. The SMILES string of the molecule is Cc1cc(Cl)ccc1S(=O)(=O)N(CC(=O)O)CC(C)C. The van der Waals surface area contributed by atoms with Gasteiger partial charge >= 0.3 is 5.97 Å². The van der Waals surface area contributed by atoms with E-state index in [0.29, 0.717) is 10.6 Å². The summed E-state index contributed by atoms with van der Waals surface area (Å²) in [5.74, 6) is -1.16. The number of aliphatic carboxylic acids is 1. The molecule has 0 aliphatic rings. The molecule has 0 saturated carbocycles. The first-order valence-electron chi connectivity index (χ1n) is 6.12. The van der Waals surface area contributed by atoms with Gasteiger partial charge in [0.2, 0.25) is 10.0 Å². The zero-order valence-electron chi connectivity index (χ0n) is 11.6. The maximum absolute atomic E-state index is 12.6. The van der Waals surface area contributed by atoms with Crippen molar-refractivity contribution in [3.05, 3.63) is 28.8 Å². The van der Waals surface area contributed by atoms with Crippen LogP contribution in [0.15, 0.2) is 23.1 Å². The summed E-state index contributed by atoms with van der Waals surface area (Å²) < 4.78 is 26.1. The monoisotopic (exact) mass is 319 g/mol. The third kappa shape index (κ3) is 4.19. The van der Waals surface area contributed by atoms with Gasteiger partial charge in [-0.1, -0.05) is 25.4 Å². The Labute approximate surface area is 124 Å². The first-order chi connectivity index (χ1) is 9.14. The van der Waals surface area contributed by atoms with Gasteiger partial charge in [-0.3, -0.25) is 4.79 Å². The minimum Gasteiger partial charge on any atom is -0.480 e. The zero-order chi connectivity index (χ0) is 15.5. The van der Waals surface area contributed by atoms with Crippen LogP contribution in [-0.2, 0) is 14.8 Å². The van der Waals surface area contributed by atoms with Crippen LogP contribution in [0.25, 0.3) is 0 Å². The largest absolute Gasteiger partial charge is 0.480 e. The number of hydrogen-bond donors (Lipinski definition) is 1. The molecule has 0 radical (unpaired) electrons.